The van der Waals surface area contributed by atoms with Crippen LogP contribution in [-0.2, 0) is 11.3 Å². The maximum absolute atomic E-state index is 13.1. The average Bonchev–Trinajstić information content (AvgIpc) is 2.71. The number of halogens is 1. The van der Waals surface area contributed by atoms with Crippen LogP contribution >= 0.6 is 0 Å². The van der Waals surface area contributed by atoms with Crippen molar-refractivity contribution < 1.29 is 9.18 Å². The minimum absolute atomic E-state index is 0.0336. The Morgan fingerprint density at radius 3 is 2.79 bits per heavy atom. The van der Waals surface area contributed by atoms with Crippen molar-refractivity contribution in [3.05, 3.63) is 36.3 Å². The number of amides is 1. The lowest BCUT2D eigenvalue weighted by Crippen LogP contribution is -2.44. The molecular formula is C15H19FN2O. The summed E-state index contributed by atoms with van der Waals surface area (Å²) in [5.41, 5.74) is 0.664. The number of fused-ring (bicyclic) bond motifs is 1. The van der Waals surface area contributed by atoms with Gasteiger partial charge in [0.2, 0.25) is 5.91 Å². The molecule has 0 saturated carbocycles. The standard InChI is InChI=1S/C15H19FN2O/c1-4-15(2,3)17-14(19)10-18-8-7-11-9-12(16)5-6-13(11)18/h5-9H,4,10H2,1-3H3,(H,17,19). The molecule has 0 unspecified atom stereocenters. The fourth-order valence-electron chi connectivity index (χ4n) is 1.97. The van der Waals surface area contributed by atoms with Crippen LogP contribution in [0.15, 0.2) is 30.5 Å². The minimum Gasteiger partial charge on any atom is -0.350 e. The van der Waals surface area contributed by atoms with Gasteiger partial charge in [-0.15, -0.1) is 0 Å². The van der Waals surface area contributed by atoms with Crippen LogP contribution in [0.3, 0.4) is 0 Å². The predicted molar refractivity (Wildman–Crippen MR) is 74.4 cm³/mol. The van der Waals surface area contributed by atoms with Crippen molar-refractivity contribution in [2.75, 3.05) is 0 Å². The lowest BCUT2D eigenvalue weighted by Gasteiger charge is -2.24. The summed E-state index contributed by atoms with van der Waals surface area (Å²) in [5, 5.41) is 3.79. The van der Waals surface area contributed by atoms with Gasteiger partial charge in [0.1, 0.15) is 12.4 Å². The fraction of sp³-hybridized carbons (Fsp3) is 0.400. The molecule has 1 amide bonds. The maximum Gasteiger partial charge on any atom is 0.240 e. The second-order valence-corrected chi connectivity index (χ2v) is 5.43. The second kappa shape index (κ2) is 5.03. The predicted octanol–water partition coefficient (Wildman–Crippen LogP) is 3.09. The Labute approximate surface area is 112 Å². The van der Waals surface area contributed by atoms with Gasteiger partial charge in [0, 0.05) is 22.6 Å². The Morgan fingerprint density at radius 1 is 1.37 bits per heavy atom. The van der Waals surface area contributed by atoms with Crippen molar-refractivity contribution in [1.29, 1.82) is 0 Å². The van der Waals surface area contributed by atoms with E-state index in [-0.39, 0.29) is 23.8 Å². The molecule has 0 bridgehead atoms. The number of nitrogens with zero attached hydrogens (tertiary/aromatic N) is 1. The summed E-state index contributed by atoms with van der Waals surface area (Å²) in [6, 6.07) is 6.39. The monoisotopic (exact) mass is 262 g/mol. The topological polar surface area (TPSA) is 34.0 Å². The molecule has 2 rings (SSSR count). The SMILES string of the molecule is CCC(C)(C)NC(=O)Cn1ccc2cc(F)ccc21. The van der Waals surface area contributed by atoms with Gasteiger partial charge in [0.15, 0.2) is 0 Å². The van der Waals surface area contributed by atoms with Gasteiger partial charge in [-0.25, -0.2) is 4.39 Å². The first-order valence-corrected chi connectivity index (χ1v) is 6.47. The Kier molecular flexibility index (Phi) is 3.60. The zero-order valence-electron chi connectivity index (χ0n) is 11.5. The normalized spacial score (nSPS) is 11.8. The molecular weight excluding hydrogens is 243 g/mol. The highest BCUT2D eigenvalue weighted by Crippen LogP contribution is 2.17. The summed E-state index contributed by atoms with van der Waals surface area (Å²) in [6.45, 7) is 6.27. The smallest absolute Gasteiger partial charge is 0.240 e. The van der Waals surface area contributed by atoms with Gasteiger partial charge in [0.05, 0.1) is 0 Å². The quantitative estimate of drug-likeness (QED) is 0.902. The molecule has 102 valence electrons. The average molecular weight is 262 g/mol. The maximum atomic E-state index is 13.1. The van der Waals surface area contributed by atoms with Crippen molar-refractivity contribution in [3.63, 3.8) is 0 Å². The van der Waals surface area contributed by atoms with E-state index in [9.17, 15) is 9.18 Å². The number of hydrogen-bond donors (Lipinski definition) is 1. The van der Waals surface area contributed by atoms with E-state index in [4.69, 9.17) is 0 Å². The highest BCUT2D eigenvalue weighted by atomic mass is 19.1. The van der Waals surface area contributed by atoms with E-state index in [1.165, 1.54) is 12.1 Å². The molecule has 0 fully saturated rings. The molecule has 1 aromatic heterocycles. The first-order chi connectivity index (χ1) is 8.91. The molecule has 0 aliphatic heterocycles. The molecule has 0 aliphatic rings. The third-order valence-electron chi connectivity index (χ3n) is 3.41. The van der Waals surface area contributed by atoms with Gasteiger partial charge in [0.25, 0.3) is 0 Å². The zero-order chi connectivity index (χ0) is 14.0. The Balaban J connectivity index is 2.16. The summed E-state index contributed by atoms with van der Waals surface area (Å²) in [5.74, 6) is -0.296. The summed E-state index contributed by atoms with van der Waals surface area (Å²) < 4.78 is 14.9. The lowest BCUT2D eigenvalue weighted by molar-refractivity contribution is -0.123. The number of nitrogens with one attached hydrogen (secondary N) is 1. The number of rotatable bonds is 4. The first-order valence-electron chi connectivity index (χ1n) is 6.47. The third-order valence-corrected chi connectivity index (χ3v) is 3.41. The van der Waals surface area contributed by atoms with Gasteiger partial charge >= 0.3 is 0 Å². The van der Waals surface area contributed by atoms with Crippen LogP contribution in [0.5, 0.6) is 0 Å². The molecule has 0 spiro atoms. The Bertz CT molecular complexity index is 601. The van der Waals surface area contributed by atoms with Gasteiger partial charge in [-0.05, 0) is 44.5 Å². The van der Waals surface area contributed by atoms with Crippen LogP contribution < -0.4 is 5.32 Å². The van der Waals surface area contributed by atoms with E-state index in [2.05, 4.69) is 5.32 Å². The molecule has 0 aliphatic carbocycles. The van der Waals surface area contributed by atoms with Crippen LogP contribution in [0.4, 0.5) is 4.39 Å². The molecule has 1 aromatic carbocycles. The third kappa shape index (κ3) is 3.13. The van der Waals surface area contributed by atoms with Crippen LogP contribution in [0, 0.1) is 5.82 Å². The van der Waals surface area contributed by atoms with E-state index in [1.54, 1.807) is 6.07 Å². The largest absolute Gasteiger partial charge is 0.350 e. The molecule has 0 atom stereocenters. The Hall–Kier alpha value is -1.84. The number of benzene rings is 1. The summed E-state index contributed by atoms with van der Waals surface area (Å²) in [6.07, 6.45) is 2.68. The zero-order valence-corrected chi connectivity index (χ0v) is 11.5. The van der Waals surface area contributed by atoms with E-state index in [1.807, 2.05) is 37.6 Å². The highest BCUT2D eigenvalue weighted by Gasteiger charge is 2.18. The van der Waals surface area contributed by atoms with Gasteiger partial charge < -0.3 is 9.88 Å². The van der Waals surface area contributed by atoms with Crippen LogP contribution in [-0.4, -0.2) is 16.0 Å². The number of hydrogen-bond acceptors (Lipinski definition) is 1. The first kappa shape index (κ1) is 13.6. The molecule has 2 aromatic rings. The van der Waals surface area contributed by atoms with E-state index in [0.717, 1.165) is 17.3 Å². The van der Waals surface area contributed by atoms with Crippen molar-refractivity contribution in [1.82, 2.24) is 9.88 Å². The van der Waals surface area contributed by atoms with Gasteiger partial charge in [-0.1, -0.05) is 6.92 Å². The number of aromatic nitrogens is 1. The molecule has 19 heavy (non-hydrogen) atoms. The highest BCUT2D eigenvalue weighted by molar-refractivity contribution is 5.83. The molecule has 4 heteroatoms. The fourth-order valence-corrected chi connectivity index (χ4v) is 1.97. The van der Waals surface area contributed by atoms with Crippen molar-refractivity contribution in [3.8, 4) is 0 Å². The molecule has 3 nitrogen and oxygen atoms in total. The summed E-state index contributed by atoms with van der Waals surface area (Å²) in [7, 11) is 0. The number of carbonyl (C=O) groups excluding carboxylic acids is 1. The molecule has 0 radical (unpaired) electrons. The number of carbonyl (C=O) groups is 1. The van der Waals surface area contributed by atoms with Crippen molar-refractivity contribution in [2.45, 2.75) is 39.3 Å². The van der Waals surface area contributed by atoms with E-state index < -0.39 is 0 Å². The summed E-state index contributed by atoms with van der Waals surface area (Å²) in [4.78, 5) is 12.0. The molecule has 1 heterocycles. The van der Waals surface area contributed by atoms with Crippen molar-refractivity contribution >= 4 is 16.8 Å². The minimum atomic E-state index is -0.262. The molecule has 1 N–H and O–H groups in total. The van der Waals surface area contributed by atoms with Crippen LogP contribution in [0.2, 0.25) is 0 Å². The van der Waals surface area contributed by atoms with Crippen molar-refractivity contribution in [2.24, 2.45) is 0 Å². The van der Waals surface area contributed by atoms with Gasteiger partial charge in [-0.2, -0.15) is 0 Å². The lowest BCUT2D eigenvalue weighted by atomic mass is 10.0. The van der Waals surface area contributed by atoms with Gasteiger partial charge in [-0.3, -0.25) is 4.79 Å². The van der Waals surface area contributed by atoms with E-state index in [0.29, 0.717) is 0 Å². The molecule has 0 saturated heterocycles. The summed E-state index contributed by atoms with van der Waals surface area (Å²) >= 11 is 0. The second-order valence-electron chi connectivity index (χ2n) is 5.43. The van der Waals surface area contributed by atoms with Crippen LogP contribution in [0.1, 0.15) is 27.2 Å². The Morgan fingerprint density at radius 2 is 2.11 bits per heavy atom. The van der Waals surface area contributed by atoms with E-state index >= 15 is 0 Å². The van der Waals surface area contributed by atoms with Crippen LogP contribution in [0.25, 0.3) is 10.9 Å².